The summed E-state index contributed by atoms with van der Waals surface area (Å²) in [6.45, 7) is 5.61. The van der Waals surface area contributed by atoms with Crippen molar-refractivity contribution in [3.05, 3.63) is 28.3 Å². The number of methoxy groups -OCH3 is 1. The van der Waals surface area contributed by atoms with E-state index >= 15 is 0 Å². The largest absolute Gasteiger partial charge is 0.469 e. The number of alkyl halides is 1. The number of nitrogens with zero attached hydrogens (tertiary/aromatic N) is 2. The van der Waals surface area contributed by atoms with Crippen molar-refractivity contribution in [2.45, 2.75) is 25.1 Å². The molecule has 0 fully saturated rings. The fourth-order valence-corrected chi connectivity index (χ4v) is 2.85. The van der Waals surface area contributed by atoms with Crippen molar-refractivity contribution >= 4 is 29.9 Å². The third kappa shape index (κ3) is 3.76. The number of ether oxygens (including phenoxy) is 2. The van der Waals surface area contributed by atoms with Gasteiger partial charge in [0.15, 0.2) is 17.5 Å². The van der Waals surface area contributed by atoms with Gasteiger partial charge in [0, 0.05) is 11.5 Å². The molecule has 0 saturated carbocycles. The van der Waals surface area contributed by atoms with Crippen LogP contribution < -0.4 is 15.3 Å². The van der Waals surface area contributed by atoms with Crippen LogP contribution in [0.2, 0.25) is 0 Å². The minimum absolute atomic E-state index is 0.0220. The summed E-state index contributed by atoms with van der Waals surface area (Å²) in [5.74, 6) is -0.633. The molecular formula is C17H21ClN2O4. The topological polar surface area (TPSA) is 68.2 Å². The molecule has 7 heteroatoms. The van der Waals surface area contributed by atoms with E-state index in [1.165, 1.54) is 7.11 Å². The molecule has 1 aromatic rings. The lowest BCUT2D eigenvalue weighted by molar-refractivity contribution is -0.141. The Balaban J connectivity index is 2.37. The first kappa shape index (κ1) is 18.4. The first-order valence-corrected chi connectivity index (χ1v) is 7.97. The quantitative estimate of drug-likeness (QED) is 0.341. The highest BCUT2D eigenvalue weighted by Gasteiger charge is 2.28. The van der Waals surface area contributed by atoms with Gasteiger partial charge in [0.25, 0.3) is 0 Å². The van der Waals surface area contributed by atoms with E-state index < -0.39 is 23.6 Å². The molecule has 3 unspecified atom stereocenters. The Hall–Kier alpha value is -1.92. The van der Waals surface area contributed by atoms with E-state index in [9.17, 15) is 9.59 Å². The van der Waals surface area contributed by atoms with Crippen LogP contribution in [-0.4, -0.2) is 49.6 Å². The Labute approximate surface area is 145 Å². The molecule has 2 rings (SSSR count). The Morgan fingerprint density at radius 1 is 1.46 bits per heavy atom. The average molecular weight is 353 g/mol. The summed E-state index contributed by atoms with van der Waals surface area (Å²) < 4.78 is 10.5. The number of hydrogen-bond acceptors (Lipinski definition) is 6. The van der Waals surface area contributed by atoms with Crippen LogP contribution in [0.3, 0.4) is 0 Å². The molecule has 0 saturated heterocycles. The molecule has 0 spiro atoms. The number of esters is 1. The van der Waals surface area contributed by atoms with Gasteiger partial charge in [-0.05, 0) is 31.4 Å². The summed E-state index contributed by atoms with van der Waals surface area (Å²) in [4.78, 5) is 30.1. The van der Waals surface area contributed by atoms with Crippen LogP contribution in [0, 0.1) is 5.92 Å². The lowest BCUT2D eigenvalue weighted by Crippen LogP contribution is -2.47. The Morgan fingerprint density at radius 2 is 2.12 bits per heavy atom. The van der Waals surface area contributed by atoms with Gasteiger partial charge in [-0.1, -0.05) is 25.1 Å². The Morgan fingerprint density at radius 3 is 2.71 bits per heavy atom. The minimum Gasteiger partial charge on any atom is -0.469 e. The highest BCUT2D eigenvalue weighted by molar-refractivity contribution is 6.20. The van der Waals surface area contributed by atoms with Crippen LogP contribution in [0.25, 0.3) is 6.58 Å². The van der Waals surface area contributed by atoms with Gasteiger partial charge in [0.05, 0.1) is 13.5 Å². The number of benzene rings is 1. The van der Waals surface area contributed by atoms with E-state index in [-0.39, 0.29) is 12.2 Å². The third-order valence-corrected chi connectivity index (χ3v) is 4.14. The van der Waals surface area contributed by atoms with Gasteiger partial charge in [0.2, 0.25) is 0 Å². The first-order chi connectivity index (χ1) is 11.2. The van der Waals surface area contributed by atoms with Gasteiger partial charge in [-0.3, -0.25) is 19.5 Å². The predicted molar refractivity (Wildman–Crippen MR) is 90.6 cm³/mol. The van der Waals surface area contributed by atoms with Crippen molar-refractivity contribution in [3.8, 4) is 5.75 Å². The van der Waals surface area contributed by atoms with Gasteiger partial charge in [-0.2, -0.15) is 0 Å². The predicted octanol–water partition coefficient (Wildman–Crippen LogP) is 0.943. The van der Waals surface area contributed by atoms with Gasteiger partial charge in [0.1, 0.15) is 11.1 Å². The zero-order valence-electron chi connectivity index (χ0n) is 14.2. The van der Waals surface area contributed by atoms with Gasteiger partial charge >= 0.3 is 5.97 Å². The van der Waals surface area contributed by atoms with Crippen LogP contribution in [0.1, 0.15) is 23.7 Å². The maximum Gasteiger partial charge on any atom is 0.306 e. The molecule has 0 aliphatic carbocycles. The number of carbonyl (C=O) groups excluding carboxylic acids is 2. The van der Waals surface area contributed by atoms with Gasteiger partial charge < -0.3 is 9.47 Å². The van der Waals surface area contributed by atoms with E-state index in [1.807, 2.05) is 14.1 Å². The van der Waals surface area contributed by atoms with Crippen molar-refractivity contribution in [2.24, 2.45) is 10.9 Å². The van der Waals surface area contributed by atoms with Crippen LogP contribution in [0.4, 0.5) is 0 Å². The number of carbonyl (C=O) groups is 2. The number of fused-ring (bicyclic) bond motifs is 1. The zero-order valence-corrected chi connectivity index (χ0v) is 15.0. The lowest BCUT2D eigenvalue weighted by atomic mass is 9.95. The van der Waals surface area contributed by atoms with E-state index in [0.29, 0.717) is 21.9 Å². The second-order valence-electron chi connectivity index (χ2n) is 6.00. The molecule has 0 amide bonds. The standard InChI is InChI=1S/C17H21ClN2O4/c1-9-6-11(15(22)10(2)7-13(21)23-5)8-12-14(9)19-16(18)17(24-12)20(3)4/h6,8,10,16-17H,1,7H2,2-5H3. The molecule has 0 radical (unpaired) electrons. The van der Waals surface area contributed by atoms with Crippen LogP contribution in [0.15, 0.2) is 17.1 Å². The molecule has 1 aliphatic rings. The molecule has 0 N–H and O–H groups in total. The smallest absolute Gasteiger partial charge is 0.306 e. The van der Waals surface area contributed by atoms with Crippen molar-refractivity contribution in [2.75, 3.05) is 21.2 Å². The average Bonchev–Trinajstić information content (AvgIpc) is 2.53. The van der Waals surface area contributed by atoms with Crippen molar-refractivity contribution in [1.29, 1.82) is 0 Å². The number of likely N-dealkylation sites (N-methyl/N-ethyl adjacent to an activating group) is 1. The van der Waals surface area contributed by atoms with E-state index in [1.54, 1.807) is 24.0 Å². The molecule has 1 heterocycles. The Bertz CT molecular complexity index is 763. The van der Waals surface area contributed by atoms with Crippen molar-refractivity contribution in [3.63, 3.8) is 0 Å². The normalized spacial score (nSPS) is 20.6. The molecule has 3 atom stereocenters. The second kappa shape index (κ2) is 7.32. The molecule has 6 nitrogen and oxygen atoms in total. The molecule has 0 aromatic heterocycles. The fraction of sp³-hybridized carbons (Fsp3) is 0.471. The number of halogens is 1. The van der Waals surface area contributed by atoms with Gasteiger partial charge in [-0.25, -0.2) is 0 Å². The van der Waals surface area contributed by atoms with E-state index in [4.69, 9.17) is 16.3 Å². The second-order valence-corrected chi connectivity index (χ2v) is 6.45. The highest BCUT2D eigenvalue weighted by Crippen LogP contribution is 2.21. The number of ketones is 1. The monoisotopic (exact) mass is 352 g/mol. The molecular weight excluding hydrogens is 332 g/mol. The van der Waals surface area contributed by atoms with Crippen LogP contribution in [-0.2, 0) is 9.53 Å². The van der Waals surface area contributed by atoms with Gasteiger partial charge in [-0.15, -0.1) is 0 Å². The summed E-state index contributed by atoms with van der Waals surface area (Å²) in [7, 11) is 4.96. The molecule has 130 valence electrons. The van der Waals surface area contributed by atoms with E-state index in [2.05, 4.69) is 16.3 Å². The van der Waals surface area contributed by atoms with Crippen molar-refractivity contribution in [1.82, 2.24) is 4.90 Å². The minimum atomic E-state index is -0.562. The van der Waals surface area contributed by atoms with E-state index in [0.717, 1.165) is 0 Å². The van der Waals surface area contributed by atoms with Crippen molar-refractivity contribution < 1.29 is 19.1 Å². The summed E-state index contributed by atoms with van der Waals surface area (Å²) in [6, 6.07) is 3.27. The molecule has 0 bridgehead atoms. The SMILES string of the molecule is C=c1cc(C(=O)C(C)CC(=O)OC)cc2c1=NC(Cl)C(N(C)C)O2. The number of Topliss-reactive ketones (excluding diaryl/α,β-unsaturated/α-hetero) is 1. The fourth-order valence-electron chi connectivity index (χ4n) is 2.48. The number of hydrogen-bond donors (Lipinski definition) is 0. The maximum atomic E-state index is 12.6. The molecule has 24 heavy (non-hydrogen) atoms. The van der Waals surface area contributed by atoms with Crippen LogP contribution in [0.5, 0.6) is 5.75 Å². The first-order valence-electron chi connectivity index (χ1n) is 7.53. The number of rotatable bonds is 5. The summed E-state index contributed by atoms with van der Waals surface area (Å²) in [6.07, 6.45) is -0.412. The molecule has 1 aliphatic heterocycles. The Kier molecular flexibility index (Phi) is 5.62. The summed E-state index contributed by atoms with van der Waals surface area (Å²) in [5, 5.41) is 1.11. The van der Waals surface area contributed by atoms with Crippen LogP contribution >= 0.6 is 11.6 Å². The highest BCUT2D eigenvalue weighted by atomic mass is 35.5. The maximum absolute atomic E-state index is 12.6. The molecule has 1 aromatic carbocycles. The zero-order chi connectivity index (χ0) is 18.0. The summed E-state index contributed by atoms with van der Waals surface area (Å²) in [5.41, 5.74) is -0.135. The lowest BCUT2D eigenvalue weighted by Gasteiger charge is -2.30. The third-order valence-electron chi connectivity index (χ3n) is 3.83. The summed E-state index contributed by atoms with van der Waals surface area (Å²) >= 11 is 6.22.